The predicted octanol–water partition coefficient (Wildman–Crippen LogP) is 4.69. The summed E-state index contributed by atoms with van der Waals surface area (Å²) in [5.74, 6) is -0.561. The van der Waals surface area contributed by atoms with Gasteiger partial charge >= 0.3 is 0 Å². The van der Waals surface area contributed by atoms with E-state index in [1.807, 2.05) is 18.2 Å². The van der Waals surface area contributed by atoms with E-state index in [1.165, 1.54) is 40.9 Å². The Labute approximate surface area is 189 Å². The molecule has 0 N–H and O–H groups in total. The van der Waals surface area contributed by atoms with Gasteiger partial charge in [0, 0.05) is 18.3 Å². The van der Waals surface area contributed by atoms with Crippen molar-refractivity contribution in [2.45, 2.75) is 43.3 Å². The van der Waals surface area contributed by atoms with E-state index < -0.39 is 5.82 Å². The molecule has 32 heavy (non-hydrogen) atoms. The summed E-state index contributed by atoms with van der Waals surface area (Å²) in [6, 6.07) is 15.0. The zero-order valence-corrected chi connectivity index (χ0v) is 18.4. The molecular weight excluding hydrogens is 427 g/mol. The second-order valence-corrected chi connectivity index (χ2v) is 8.69. The second kappa shape index (κ2) is 9.96. The molecule has 6 nitrogen and oxygen atoms in total. The summed E-state index contributed by atoms with van der Waals surface area (Å²) in [5.41, 5.74) is 1.07. The molecule has 8 heteroatoms. The molecule has 0 saturated heterocycles. The van der Waals surface area contributed by atoms with Crippen LogP contribution in [-0.2, 0) is 4.79 Å². The third-order valence-corrected chi connectivity index (χ3v) is 6.61. The molecule has 1 fully saturated rings. The molecule has 3 aromatic rings. The van der Waals surface area contributed by atoms with Crippen molar-refractivity contribution in [3.8, 4) is 6.07 Å². The van der Waals surface area contributed by atoms with Crippen molar-refractivity contribution < 1.29 is 9.18 Å². The normalized spacial score (nSPS) is 13.9. The van der Waals surface area contributed by atoms with Crippen molar-refractivity contribution in [2.24, 2.45) is 0 Å². The van der Waals surface area contributed by atoms with Crippen LogP contribution in [0.4, 0.5) is 10.1 Å². The first-order valence-electron chi connectivity index (χ1n) is 10.7. The Kier molecular flexibility index (Phi) is 6.86. The number of carbonyl (C=O) groups excluding carboxylic acids is 1. The van der Waals surface area contributed by atoms with Crippen LogP contribution >= 0.6 is 11.8 Å². The number of benzene rings is 2. The quantitative estimate of drug-likeness (QED) is 0.385. The molecule has 0 unspecified atom stereocenters. The standard InChI is InChI=1S/C24H23FN4O2S/c25-17-10-12-18(13-11-17)28(15-5-14-26)22(30)16-32-24-27-21-9-4-3-8-20(21)23(31)29(24)19-6-1-2-7-19/h3-4,8-13,19H,1-2,5-7,15-16H2. The van der Waals surface area contributed by atoms with E-state index in [0.717, 1.165) is 25.7 Å². The van der Waals surface area contributed by atoms with Gasteiger partial charge in [-0.05, 0) is 49.2 Å². The fraction of sp³-hybridized carbons (Fsp3) is 0.333. The van der Waals surface area contributed by atoms with Crippen molar-refractivity contribution in [3.63, 3.8) is 0 Å². The molecule has 1 amide bonds. The van der Waals surface area contributed by atoms with Crippen LogP contribution in [0.1, 0.15) is 38.1 Å². The molecule has 1 heterocycles. The van der Waals surface area contributed by atoms with Crippen LogP contribution in [0.2, 0.25) is 0 Å². The molecule has 0 atom stereocenters. The van der Waals surface area contributed by atoms with Crippen molar-refractivity contribution in [3.05, 3.63) is 64.7 Å². The lowest BCUT2D eigenvalue weighted by molar-refractivity contribution is -0.116. The van der Waals surface area contributed by atoms with Gasteiger partial charge in [0.1, 0.15) is 5.82 Å². The van der Waals surface area contributed by atoms with Gasteiger partial charge in [-0.1, -0.05) is 36.7 Å². The SMILES string of the molecule is N#CCCN(C(=O)CSc1nc2ccccc2c(=O)n1C1CCCC1)c1ccc(F)cc1. The van der Waals surface area contributed by atoms with Gasteiger partial charge in [0.2, 0.25) is 5.91 Å². The highest BCUT2D eigenvalue weighted by molar-refractivity contribution is 7.99. The number of para-hydroxylation sites is 1. The topological polar surface area (TPSA) is 79.0 Å². The number of fused-ring (bicyclic) bond motifs is 1. The fourth-order valence-electron chi connectivity index (χ4n) is 4.10. The van der Waals surface area contributed by atoms with Crippen LogP contribution in [0.25, 0.3) is 10.9 Å². The van der Waals surface area contributed by atoms with Crippen LogP contribution < -0.4 is 10.5 Å². The molecule has 164 valence electrons. The Morgan fingerprint density at radius 2 is 1.91 bits per heavy atom. The molecule has 1 aromatic heterocycles. The first-order valence-corrected chi connectivity index (χ1v) is 11.6. The van der Waals surface area contributed by atoms with E-state index in [0.29, 0.717) is 21.7 Å². The minimum Gasteiger partial charge on any atom is -0.311 e. The number of amides is 1. The van der Waals surface area contributed by atoms with Gasteiger partial charge in [-0.2, -0.15) is 5.26 Å². The van der Waals surface area contributed by atoms with E-state index in [1.54, 1.807) is 16.7 Å². The number of nitrogens with zero attached hydrogens (tertiary/aromatic N) is 4. The smallest absolute Gasteiger partial charge is 0.262 e. The lowest BCUT2D eigenvalue weighted by Gasteiger charge is -2.23. The summed E-state index contributed by atoms with van der Waals surface area (Å²) in [6.07, 6.45) is 4.14. The third-order valence-electron chi connectivity index (χ3n) is 5.68. The van der Waals surface area contributed by atoms with Crippen molar-refractivity contribution >= 4 is 34.3 Å². The fourth-order valence-corrected chi connectivity index (χ4v) is 5.04. The summed E-state index contributed by atoms with van der Waals surface area (Å²) in [5, 5.41) is 10.1. The van der Waals surface area contributed by atoms with Crippen molar-refractivity contribution in [1.82, 2.24) is 9.55 Å². The van der Waals surface area contributed by atoms with Crippen molar-refractivity contribution in [2.75, 3.05) is 17.2 Å². The summed E-state index contributed by atoms with van der Waals surface area (Å²) in [4.78, 5) is 32.5. The number of rotatable bonds is 7. The zero-order chi connectivity index (χ0) is 22.5. The number of aromatic nitrogens is 2. The van der Waals surface area contributed by atoms with E-state index >= 15 is 0 Å². The lowest BCUT2D eigenvalue weighted by Crippen LogP contribution is -2.34. The minimum atomic E-state index is -0.392. The molecule has 1 aliphatic rings. The molecule has 4 rings (SSSR count). The zero-order valence-electron chi connectivity index (χ0n) is 17.5. The monoisotopic (exact) mass is 450 g/mol. The van der Waals surface area contributed by atoms with Crippen LogP contribution in [0, 0.1) is 17.1 Å². The maximum Gasteiger partial charge on any atom is 0.262 e. The van der Waals surface area contributed by atoms with Crippen molar-refractivity contribution in [1.29, 1.82) is 5.26 Å². The minimum absolute atomic E-state index is 0.0559. The molecular formula is C24H23FN4O2S. The van der Waals surface area contributed by atoms with E-state index in [-0.39, 0.29) is 36.2 Å². The Hall–Kier alpha value is -3.18. The van der Waals surface area contributed by atoms with Crippen LogP contribution in [0.5, 0.6) is 0 Å². The van der Waals surface area contributed by atoms with Gasteiger partial charge in [0.05, 0.1) is 29.1 Å². The third kappa shape index (κ3) is 4.68. The Morgan fingerprint density at radius 1 is 1.19 bits per heavy atom. The van der Waals surface area contributed by atoms with E-state index in [2.05, 4.69) is 0 Å². The van der Waals surface area contributed by atoms with Crippen LogP contribution in [0.15, 0.2) is 58.5 Å². The first-order chi connectivity index (χ1) is 15.6. The molecule has 0 bridgehead atoms. The largest absolute Gasteiger partial charge is 0.311 e. The van der Waals surface area contributed by atoms with Crippen LogP contribution in [-0.4, -0.2) is 27.8 Å². The van der Waals surface area contributed by atoms with Gasteiger partial charge in [-0.15, -0.1) is 0 Å². The Morgan fingerprint density at radius 3 is 2.62 bits per heavy atom. The summed E-state index contributed by atoms with van der Waals surface area (Å²) in [6.45, 7) is 0.210. The molecule has 1 saturated carbocycles. The Bertz CT molecular complexity index is 1210. The Balaban J connectivity index is 1.62. The molecule has 0 spiro atoms. The predicted molar refractivity (Wildman–Crippen MR) is 123 cm³/mol. The van der Waals surface area contributed by atoms with Gasteiger partial charge in [-0.25, -0.2) is 9.37 Å². The van der Waals surface area contributed by atoms with Gasteiger partial charge in [0.15, 0.2) is 5.16 Å². The molecule has 0 aliphatic heterocycles. The number of hydrogen-bond donors (Lipinski definition) is 0. The van der Waals surface area contributed by atoms with Gasteiger partial charge < -0.3 is 4.90 Å². The van der Waals surface area contributed by atoms with E-state index in [4.69, 9.17) is 10.2 Å². The van der Waals surface area contributed by atoms with Crippen LogP contribution in [0.3, 0.4) is 0 Å². The second-order valence-electron chi connectivity index (χ2n) is 7.74. The number of halogens is 1. The highest BCUT2D eigenvalue weighted by Gasteiger charge is 2.24. The number of hydrogen-bond acceptors (Lipinski definition) is 5. The first kappa shape index (κ1) is 22.0. The molecule has 2 aromatic carbocycles. The highest BCUT2D eigenvalue weighted by Crippen LogP contribution is 2.32. The summed E-state index contributed by atoms with van der Waals surface area (Å²) in [7, 11) is 0. The average Bonchev–Trinajstić information content (AvgIpc) is 3.33. The summed E-state index contributed by atoms with van der Waals surface area (Å²) < 4.78 is 15.1. The maximum atomic E-state index is 13.3. The van der Waals surface area contributed by atoms with Gasteiger partial charge in [0.25, 0.3) is 5.56 Å². The van der Waals surface area contributed by atoms with E-state index in [9.17, 15) is 14.0 Å². The highest BCUT2D eigenvalue weighted by atomic mass is 32.2. The molecule has 1 aliphatic carbocycles. The maximum absolute atomic E-state index is 13.3. The number of carbonyl (C=O) groups is 1. The number of nitriles is 1. The average molecular weight is 451 g/mol. The number of anilines is 1. The molecule has 0 radical (unpaired) electrons. The number of thioether (sulfide) groups is 1. The van der Waals surface area contributed by atoms with Gasteiger partial charge in [-0.3, -0.25) is 14.2 Å². The summed E-state index contributed by atoms with van der Waals surface area (Å²) >= 11 is 1.23. The lowest BCUT2D eigenvalue weighted by atomic mass is 10.2.